The number of benzene rings is 2. The van der Waals surface area contributed by atoms with E-state index in [1.54, 1.807) is 19.2 Å². The third-order valence-corrected chi connectivity index (χ3v) is 5.69. The Kier molecular flexibility index (Phi) is 5.50. The second kappa shape index (κ2) is 8.20. The number of aromatic nitrogens is 1. The number of ether oxygens (including phenoxy) is 2. The molecule has 1 heterocycles. The van der Waals surface area contributed by atoms with Crippen LogP contribution in [-0.2, 0) is 17.6 Å². The van der Waals surface area contributed by atoms with Crippen LogP contribution in [0.1, 0.15) is 17.5 Å². The molecule has 0 aliphatic heterocycles. The highest BCUT2D eigenvalue weighted by molar-refractivity contribution is 7.14. The van der Waals surface area contributed by atoms with Gasteiger partial charge in [-0.25, -0.2) is 4.98 Å². The molecule has 2 aromatic carbocycles. The van der Waals surface area contributed by atoms with Crippen molar-refractivity contribution in [3.8, 4) is 22.8 Å². The number of halogens is 1. The van der Waals surface area contributed by atoms with Crippen LogP contribution >= 0.6 is 22.9 Å². The fourth-order valence-corrected chi connectivity index (χ4v) is 4.23. The summed E-state index contributed by atoms with van der Waals surface area (Å²) in [5, 5.41) is 5.68. The zero-order chi connectivity index (χ0) is 19.5. The number of anilines is 1. The van der Waals surface area contributed by atoms with Crippen LogP contribution in [0.5, 0.6) is 11.5 Å². The summed E-state index contributed by atoms with van der Waals surface area (Å²) in [6.45, 7) is -0.0535. The Hall–Kier alpha value is -2.57. The summed E-state index contributed by atoms with van der Waals surface area (Å²) in [5.74, 6) is 1.09. The molecule has 0 fully saturated rings. The molecule has 1 N–H and O–H groups in total. The van der Waals surface area contributed by atoms with Crippen molar-refractivity contribution in [2.45, 2.75) is 19.3 Å². The maximum atomic E-state index is 12.2. The molecule has 28 heavy (non-hydrogen) atoms. The van der Waals surface area contributed by atoms with Crippen molar-refractivity contribution in [3.05, 3.63) is 57.9 Å². The molecule has 7 heteroatoms. The van der Waals surface area contributed by atoms with E-state index < -0.39 is 0 Å². The molecule has 0 radical (unpaired) electrons. The van der Waals surface area contributed by atoms with Crippen LogP contribution in [0.25, 0.3) is 11.3 Å². The first kappa shape index (κ1) is 18.8. The van der Waals surface area contributed by atoms with Gasteiger partial charge in [-0.2, -0.15) is 0 Å². The lowest BCUT2D eigenvalue weighted by molar-refractivity contribution is -0.118. The number of thiazole rings is 1. The Morgan fingerprint density at radius 1 is 1.21 bits per heavy atom. The van der Waals surface area contributed by atoms with E-state index in [1.165, 1.54) is 28.9 Å². The zero-order valence-corrected chi connectivity index (χ0v) is 16.9. The molecule has 0 saturated carbocycles. The largest absolute Gasteiger partial charge is 0.495 e. The first-order valence-corrected chi connectivity index (χ1v) is 10.2. The zero-order valence-electron chi connectivity index (χ0n) is 15.3. The average molecular weight is 415 g/mol. The van der Waals surface area contributed by atoms with Gasteiger partial charge in [0.05, 0.1) is 17.8 Å². The standard InChI is InChI=1S/C21H19ClN2O3S/c1-26-19-8-6-15(10-17(19)22)18-12-28-21(23-18)24-20(25)11-27-16-7-5-13-3-2-4-14(13)9-16/h5-10,12H,2-4,11H2,1H3,(H,23,24,25). The van der Waals surface area contributed by atoms with E-state index in [-0.39, 0.29) is 12.5 Å². The third-order valence-electron chi connectivity index (χ3n) is 4.64. The number of amides is 1. The average Bonchev–Trinajstić information content (AvgIpc) is 3.35. The second-order valence-corrected chi connectivity index (χ2v) is 7.77. The number of methoxy groups -OCH3 is 1. The van der Waals surface area contributed by atoms with Crippen LogP contribution < -0.4 is 14.8 Å². The van der Waals surface area contributed by atoms with Gasteiger partial charge in [-0.3, -0.25) is 10.1 Å². The summed E-state index contributed by atoms with van der Waals surface area (Å²) < 4.78 is 10.8. The molecule has 0 unspecified atom stereocenters. The highest BCUT2D eigenvalue weighted by Gasteiger charge is 2.13. The van der Waals surface area contributed by atoms with Gasteiger partial charge in [0, 0.05) is 10.9 Å². The fraction of sp³-hybridized carbons (Fsp3) is 0.238. The Bertz CT molecular complexity index is 1020. The lowest BCUT2D eigenvalue weighted by atomic mass is 10.1. The minimum Gasteiger partial charge on any atom is -0.495 e. The smallest absolute Gasteiger partial charge is 0.264 e. The molecule has 0 spiro atoms. The summed E-state index contributed by atoms with van der Waals surface area (Å²) in [6, 6.07) is 11.5. The molecular formula is C21H19ClN2O3S. The van der Waals surface area contributed by atoms with Gasteiger partial charge in [0.25, 0.3) is 5.91 Å². The summed E-state index contributed by atoms with van der Waals surface area (Å²) >= 11 is 7.52. The number of fused-ring (bicyclic) bond motifs is 1. The Labute approximate surface area is 172 Å². The molecule has 0 atom stereocenters. The number of carbonyl (C=O) groups is 1. The van der Waals surface area contributed by atoms with E-state index in [0.717, 1.165) is 29.8 Å². The van der Waals surface area contributed by atoms with Crippen LogP contribution in [0, 0.1) is 0 Å². The van der Waals surface area contributed by atoms with Gasteiger partial charge in [0.2, 0.25) is 0 Å². The summed E-state index contributed by atoms with van der Waals surface area (Å²) in [5.41, 5.74) is 4.30. The maximum Gasteiger partial charge on any atom is 0.264 e. The van der Waals surface area contributed by atoms with Crippen LogP contribution in [-0.4, -0.2) is 24.6 Å². The van der Waals surface area contributed by atoms with Gasteiger partial charge in [0.1, 0.15) is 11.5 Å². The van der Waals surface area contributed by atoms with Gasteiger partial charge in [-0.05, 0) is 60.7 Å². The highest BCUT2D eigenvalue weighted by atomic mass is 35.5. The molecular weight excluding hydrogens is 396 g/mol. The third kappa shape index (κ3) is 4.13. The van der Waals surface area contributed by atoms with E-state index in [4.69, 9.17) is 21.1 Å². The number of nitrogens with one attached hydrogen (secondary N) is 1. The number of aryl methyl sites for hydroxylation is 2. The van der Waals surface area contributed by atoms with Crippen molar-refractivity contribution in [2.75, 3.05) is 19.0 Å². The van der Waals surface area contributed by atoms with Gasteiger partial charge in [-0.1, -0.05) is 17.7 Å². The summed E-state index contributed by atoms with van der Waals surface area (Å²) in [4.78, 5) is 16.6. The first-order chi connectivity index (χ1) is 13.6. The fourth-order valence-electron chi connectivity index (χ4n) is 3.23. The minimum absolute atomic E-state index is 0.0535. The predicted octanol–water partition coefficient (Wildman–Crippen LogP) is 4.98. The van der Waals surface area contributed by atoms with Crippen LogP contribution in [0.3, 0.4) is 0 Å². The Morgan fingerprint density at radius 3 is 2.89 bits per heavy atom. The van der Waals surface area contributed by atoms with Crippen molar-refractivity contribution in [3.63, 3.8) is 0 Å². The van der Waals surface area contributed by atoms with E-state index in [1.807, 2.05) is 23.6 Å². The molecule has 5 nitrogen and oxygen atoms in total. The molecule has 1 aliphatic rings. The number of hydrogen-bond acceptors (Lipinski definition) is 5. The van der Waals surface area contributed by atoms with E-state index >= 15 is 0 Å². The molecule has 0 bridgehead atoms. The highest BCUT2D eigenvalue weighted by Crippen LogP contribution is 2.32. The predicted molar refractivity (Wildman–Crippen MR) is 112 cm³/mol. The Morgan fingerprint density at radius 2 is 2.07 bits per heavy atom. The summed E-state index contributed by atoms with van der Waals surface area (Å²) in [7, 11) is 1.57. The number of hydrogen-bond donors (Lipinski definition) is 1. The van der Waals surface area contributed by atoms with Crippen molar-refractivity contribution in [1.82, 2.24) is 4.98 Å². The quantitative estimate of drug-likeness (QED) is 0.618. The van der Waals surface area contributed by atoms with Crippen molar-refractivity contribution in [2.24, 2.45) is 0 Å². The number of rotatable bonds is 6. The van der Waals surface area contributed by atoms with Crippen molar-refractivity contribution in [1.29, 1.82) is 0 Å². The second-order valence-electron chi connectivity index (χ2n) is 6.51. The van der Waals surface area contributed by atoms with E-state index in [2.05, 4.69) is 16.4 Å². The molecule has 3 aromatic rings. The normalized spacial score (nSPS) is 12.5. The number of nitrogens with zero attached hydrogens (tertiary/aromatic N) is 1. The minimum atomic E-state index is -0.242. The van der Waals surface area contributed by atoms with Crippen LogP contribution in [0.4, 0.5) is 5.13 Å². The van der Waals surface area contributed by atoms with Crippen LogP contribution in [0.2, 0.25) is 5.02 Å². The van der Waals surface area contributed by atoms with E-state index in [9.17, 15) is 4.79 Å². The van der Waals surface area contributed by atoms with Gasteiger partial charge in [0.15, 0.2) is 11.7 Å². The first-order valence-electron chi connectivity index (χ1n) is 8.96. The van der Waals surface area contributed by atoms with Crippen LogP contribution in [0.15, 0.2) is 41.8 Å². The molecule has 1 aromatic heterocycles. The Balaban J connectivity index is 1.36. The summed E-state index contributed by atoms with van der Waals surface area (Å²) in [6.07, 6.45) is 3.39. The van der Waals surface area contributed by atoms with Gasteiger partial charge in [-0.15, -0.1) is 11.3 Å². The lowest BCUT2D eigenvalue weighted by Gasteiger charge is -2.08. The molecule has 4 rings (SSSR count). The molecule has 0 saturated heterocycles. The molecule has 144 valence electrons. The maximum absolute atomic E-state index is 12.2. The van der Waals surface area contributed by atoms with Crippen molar-refractivity contribution >= 4 is 34.0 Å². The monoisotopic (exact) mass is 414 g/mol. The van der Waals surface area contributed by atoms with Gasteiger partial charge >= 0.3 is 0 Å². The van der Waals surface area contributed by atoms with Gasteiger partial charge < -0.3 is 9.47 Å². The van der Waals surface area contributed by atoms with E-state index in [0.29, 0.717) is 15.9 Å². The lowest BCUT2D eigenvalue weighted by Crippen LogP contribution is -2.20. The number of carbonyl (C=O) groups excluding carboxylic acids is 1. The molecule has 1 aliphatic carbocycles. The van der Waals surface area contributed by atoms with Crippen molar-refractivity contribution < 1.29 is 14.3 Å². The molecule has 1 amide bonds. The topological polar surface area (TPSA) is 60.5 Å². The SMILES string of the molecule is COc1ccc(-c2csc(NC(=O)COc3ccc4c(c3)CCC4)n2)cc1Cl.